The molecule has 1 aliphatic heterocycles. The lowest BCUT2D eigenvalue weighted by Crippen LogP contribution is -2.24. The van der Waals surface area contributed by atoms with Gasteiger partial charge in [-0.05, 0) is 58.7 Å². The number of aromatic amines is 1. The molecule has 2 atom stereocenters. The van der Waals surface area contributed by atoms with Gasteiger partial charge in [-0.2, -0.15) is 9.07 Å². The van der Waals surface area contributed by atoms with E-state index in [4.69, 9.17) is 17.3 Å². The van der Waals surface area contributed by atoms with Crippen LogP contribution in [0.1, 0.15) is 36.8 Å². The van der Waals surface area contributed by atoms with Gasteiger partial charge in [-0.15, -0.1) is 5.10 Å². The van der Waals surface area contributed by atoms with E-state index < -0.39 is 17.8 Å². The van der Waals surface area contributed by atoms with Crippen LogP contribution in [-0.4, -0.2) is 39.7 Å². The third-order valence-electron chi connectivity index (χ3n) is 6.52. The number of pyridine rings is 2. The van der Waals surface area contributed by atoms with Crippen LogP contribution in [0.25, 0.3) is 28.1 Å². The second-order valence-electron chi connectivity index (χ2n) is 8.80. The number of hydrogen-bond acceptors (Lipinski definition) is 7. The minimum Gasteiger partial charge on any atom is -0.384 e. The maximum atomic E-state index is 15.3. The Morgan fingerprint density at radius 1 is 1.19 bits per heavy atom. The number of nitrogen functional groups attached to an aromatic ring is 1. The molecule has 10 nitrogen and oxygen atoms in total. The molecule has 1 aromatic carbocycles. The number of benzene rings is 1. The van der Waals surface area contributed by atoms with Crippen LogP contribution < -0.4 is 11.3 Å². The highest BCUT2D eigenvalue weighted by atomic mass is 35.5. The molecule has 0 bridgehead atoms. The van der Waals surface area contributed by atoms with Crippen molar-refractivity contribution in [1.82, 2.24) is 39.7 Å². The molecular weight excluding hydrogens is 504 g/mol. The van der Waals surface area contributed by atoms with Crippen molar-refractivity contribution in [3.05, 3.63) is 87.6 Å². The second kappa shape index (κ2) is 8.59. The number of anilines is 1. The molecule has 0 saturated carbocycles. The molecule has 0 radical (unpaired) electrons. The maximum absolute atomic E-state index is 15.3. The van der Waals surface area contributed by atoms with Crippen molar-refractivity contribution >= 4 is 17.4 Å². The molecule has 0 aliphatic carbocycles. The largest absolute Gasteiger partial charge is 0.384 e. The van der Waals surface area contributed by atoms with E-state index in [2.05, 4.69) is 30.5 Å². The van der Waals surface area contributed by atoms with Crippen LogP contribution in [0.5, 0.6) is 0 Å². The topological polar surface area (TPSA) is 133 Å². The van der Waals surface area contributed by atoms with E-state index in [9.17, 15) is 9.18 Å². The summed E-state index contributed by atoms with van der Waals surface area (Å²) in [5, 5.41) is 11.0. The molecule has 37 heavy (non-hydrogen) atoms. The van der Waals surface area contributed by atoms with Crippen molar-refractivity contribution in [1.29, 1.82) is 0 Å². The first-order valence-corrected chi connectivity index (χ1v) is 11.6. The van der Waals surface area contributed by atoms with Crippen molar-refractivity contribution in [3.8, 4) is 28.1 Å². The van der Waals surface area contributed by atoms with Gasteiger partial charge in [0.05, 0.1) is 34.2 Å². The summed E-state index contributed by atoms with van der Waals surface area (Å²) < 4.78 is 32.6. The Morgan fingerprint density at radius 3 is 2.78 bits per heavy atom. The van der Waals surface area contributed by atoms with Crippen LogP contribution >= 0.6 is 11.6 Å². The lowest BCUT2D eigenvalue weighted by Gasteiger charge is -2.16. The number of aromatic nitrogens is 8. The zero-order valence-corrected chi connectivity index (χ0v) is 20.0. The molecule has 0 fully saturated rings. The van der Waals surface area contributed by atoms with E-state index >= 15 is 4.39 Å². The molecule has 3 N–H and O–H groups in total. The van der Waals surface area contributed by atoms with Gasteiger partial charge in [0.1, 0.15) is 18.0 Å². The summed E-state index contributed by atoms with van der Waals surface area (Å²) in [6, 6.07) is 8.70. The molecule has 0 unspecified atom stereocenters. The molecule has 13 heteroatoms. The minimum atomic E-state index is -0.723. The molecule has 0 spiro atoms. The van der Waals surface area contributed by atoms with E-state index in [1.165, 1.54) is 41.5 Å². The summed E-state index contributed by atoms with van der Waals surface area (Å²) >= 11 is 6.09. The average molecular weight is 522 g/mol. The lowest BCUT2D eigenvalue weighted by molar-refractivity contribution is 0.556. The van der Waals surface area contributed by atoms with E-state index in [0.29, 0.717) is 34.9 Å². The van der Waals surface area contributed by atoms with Crippen LogP contribution in [0, 0.1) is 11.8 Å². The highest BCUT2D eigenvalue weighted by Crippen LogP contribution is 2.41. The Bertz CT molecular complexity index is 1710. The van der Waals surface area contributed by atoms with Gasteiger partial charge < -0.3 is 15.3 Å². The van der Waals surface area contributed by atoms with Crippen molar-refractivity contribution in [2.45, 2.75) is 25.3 Å². The maximum Gasteiger partial charge on any atom is 0.252 e. The summed E-state index contributed by atoms with van der Waals surface area (Å²) in [6.45, 7) is 1.97. The first-order valence-electron chi connectivity index (χ1n) is 11.3. The van der Waals surface area contributed by atoms with Crippen LogP contribution in [-0.2, 0) is 0 Å². The Morgan fingerprint density at radius 2 is 2.03 bits per heavy atom. The van der Waals surface area contributed by atoms with Gasteiger partial charge >= 0.3 is 0 Å². The molecule has 1 aliphatic rings. The van der Waals surface area contributed by atoms with Gasteiger partial charge in [0.15, 0.2) is 5.82 Å². The number of hydrogen-bond donors (Lipinski definition) is 2. The molecule has 0 amide bonds. The van der Waals surface area contributed by atoms with E-state index in [1.807, 2.05) is 6.92 Å². The number of imidazole rings is 1. The first kappa shape index (κ1) is 23.0. The van der Waals surface area contributed by atoms with Gasteiger partial charge in [0.25, 0.3) is 5.56 Å². The molecule has 186 valence electrons. The molecule has 5 heterocycles. The molecule has 6 rings (SSSR count). The van der Waals surface area contributed by atoms with Gasteiger partial charge in [0.2, 0.25) is 5.95 Å². The molecule has 4 aromatic heterocycles. The van der Waals surface area contributed by atoms with Crippen LogP contribution in [0.3, 0.4) is 0 Å². The Kier molecular flexibility index (Phi) is 5.33. The van der Waals surface area contributed by atoms with Crippen LogP contribution in [0.4, 0.5) is 14.6 Å². The third-order valence-corrected chi connectivity index (χ3v) is 6.81. The van der Waals surface area contributed by atoms with Gasteiger partial charge in [0, 0.05) is 17.3 Å². The summed E-state index contributed by atoms with van der Waals surface area (Å²) in [7, 11) is 0. The number of rotatable bonds is 4. The van der Waals surface area contributed by atoms with E-state index in [-0.39, 0.29) is 33.4 Å². The van der Waals surface area contributed by atoms with Crippen molar-refractivity contribution in [2.24, 2.45) is 0 Å². The van der Waals surface area contributed by atoms with Crippen molar-refractivity contribution in [2.75, 3.05) is 5.73 Å². The van der Waals surface area contributed by atoms with Gasteiger partial charge in [-0.3, -0.25) is 4.79 Å². The van der Waals surface area contributed by atoms with Crippen LogP contribution in [0.15, 0.2) is 53.7 Å². The van der Waals surface area contributed by atoms with Crippen molar-refractivity contribution < 1.29 is 8.78 Å². The van der Waals surface area contributed by atoms with E-state index in [1.54, 1.807) is 16.7 Å². The number of halogens is 3. The fourth-order valence-electron chi connectivity index (χ4n) is 4.82. The summed E-state index contributed by atoms with van der Waals surface area (Å²) in [6.07, 6.45) is 3.39. The number of nitrogens with two attached hydrogens (primary N) is 1. The summed E-state index contributed by atoms with van der Waals surface area (Å²) in [5.41, 5.74) is 7.34. The average Bonchev–Trinajstić information content (AvgIpc) is 3.62. The Balaban J connectivity index is 1.44. The lowest BCUT2D eigenvalue weighted by atomic mass is 9.99. The summed E-state index contributed by atoms with van der Waals surface area (Å²) in [4.78, 5) is 24.6. The zero-order chi connectivity index (χ0) is 25.8. The second-order valence-corrected chi connectivity index (χ2v) is 9.20. The standard InChI is InChI=1S/C24H18ClF2N9O/c1-11-6-18(24-29-9-15(31-24)13-2-5-19(28)32-23(13)27)36-17(11)7-12(8-20(36)37)21-16(35-10-30-33-34-35)4-3-14(25)22(21)26/h2-5,7-11,18H,6H2,1H3,(H2,28,32)(H,29,31)/t11-,18-/m1/s1. The molecular formula is C24H18ClF2N9O. The zero-order valence-electron chi connectivity index (χ0n) is 19.2. The monoisotopic (exact) mass is 521 g/mol. The SMILES string of the molecule is C[C@@H]1C[C@H](c2ncc(-c3ccc(N)nc3F)[nH]2)n2c1cc(-c1c(-n3cnnn3)ccc(Cl)c1F)cc2=O. The van der Waals surface area contributed by atoms with Gasteiger partial charge in [-0.25, -0.2) is 14.4 Å². The number of H-pyrrole nitrogens is 1. The van der Waals surface area contributed by atoms with Gasteiger partial charge in [-0.1, -0.05) is 18.5 Å². The number of nitrogens with one attached hydrogen (secondary N) is 1. The fourth-order valence-corrected chi connectivity index (χ4v) is 4.98. The third kappa shape index (κ3) is 3.76. The van der Waals surface area contributed by atoms with Crippen molar-refractivity contribution in [3.63, 3.8) is 0 Å². The number of nitrogens with zero attached hydrogens (tertiary/aromatic N) is 7. The Labute approximate surface area is 212 Å². The predicted octanol–water partition coefficient (Wildman–Crippen LogP) is 3.89. The minimum absolute atomic E-state index is 0.0557. The number of tetrazole rings is 1. The quantitative estimate of drug-likeness (QED) is 0.343. The number of fused-ring (bicyclic) bond motifs is 1. The molecule has 0 saturated heterocycles. The highest BCUT2D eigenvalue weighted by molar-refractivity contribution is 6.31. The highest BCUT2D eigenvalue weighted by Gasteiger charge is 2.33. The molecule has 5 aromatic rings. The van der Waals surface area contributed by atoms with E-state index in [0.717, 1.165) is 0 Å². The normalized spacial score (nSPS) is 16.8. The smallest absolute Gasteiger partial charge is 0.252 e. The summed E-state index contributed by atoms with van der Waals surface area (Å²) in [5.74, 6) is -0.897. The predicted molar refractivity (Wildman–Crippen MR) is 131 cm³/mol. The Hall–Kier alpha value is -4.45. The fraction of sp³-hybridized carbons (Fsp3) is 0.167. The first-order chi connectivity index (χ1) is 17.8. The van der Waals surface area contributed by atoms with Crippen LogP contribution in [0.2, 0.25) is 5.02 Å².